The zero-order chi connectivity index (χ0) is 12.3. The van der Waals surface area contributed by atoms with Crippen LogP contribution in [0.15, 0.2) is 35.5 Å². The Balaban J connectivity index is 2.07. The maximum Gasteiger partial charge on any atom is 0.190 e. The molecule has 0 aliphatic rings. The minimum atomic E-state index is -0.229. The molecule has 0 aliphatic carbocycles. The summed E-state index contributed by atoms with van der Waals surface area (Å²) in [7, 11) is 0. The molecule has 0 radical (unpaired) electrons. The molecule has 2 N–H and O–H groups in total. The van der Waals surface area contributed by atoms with E-state index < -0.39 is 0 Å². The van der Waals surface area contributed by atoms with E-state index in [1.165, 1.54) is 23.9 Å². The molecule has 0 unspecified atom stereocenters. The Morgan fingerprint density at radius 2 is 2.12 bits per heavy atom. The van der Waals surface area contributed by atoms with Crippen molar-refractivity contribution in [1.29, 1.82) is 0 Å². The van der Waals surface area contributed by atoms with Crippen molar-refractivity contribution in [3.8, 4) is 0 Å². The van der Waals surface area contributed by atoms with Crippen LogP contribution in [0.2, 0.25) is 0 Å². The molecule has 0 saturated heterocycles. The summed E-state index contributed by atoms with van der Waals surface area (Å²) in [6, 6.07) is 8.21. The van der Waals surface area contributed by atoms with Crippen LogP contribution in [0.25, 0.3) is 0 Å². The number of aryl methyl sites for hydroxylation is 1. The lowest BCUT2D eigenvalue weighted by Gasteiger charge is -2.03. The Hall–Kier alpha value is -1.62. The van der Waals surface area contributed by atoms with E-state index in [-0.39, 0.29) is 5.82 Å². The number of hydrogen-bond donors (Lipinski definition) is 1. The average Bonchev–Trinajstić information content (AvgIpc) is 2.25. The predicted molar refractivity (Wildman–Crippen MR) is 67.1 cm³/mol. The van der Waals surface area contributed by atoms with Crippen LogP contribution in [-0.2, 0) is 5.75 Å². The van der Waals surface area contributed by atoms with Gasteiger partial charge in [-0.2, -0.15) is 0 Å². The number of rotatable bonds is 3. The first-order valence-corrected chi connectivity index (χ1v) is 6.10. The van der Waals surface area contributed by atoms with Crippen molar-refractivity contribution in [2.24, 2.45) is 0 Å². The van der Waals surface area contributed by atoms with Crippen LogP contribution in [0, 0.1) is 12.7 Å². The highest BCUT2D eigenvalue weighted by Crippen LogP contribution is 2.20. The van der Waals surface area contributed by atoms with Gasteiger partial charge in [-0.25, -0.2) is 14.4 Å². The topological polar surface area (TPSA) is 51.8 Å². The second kappa shape index (κ2) is 5.14. The quantitative estimate of drug-likeness (QED) is 0.671. The highest BCUT2D eigenvalue weighted by atomic mass is 32.2. The van der Waals surface area contributed by atoms with E-state index in [4.69, 9.17) is 5.73 Å². The van der Waals surface area contributed by atoms with Crippen LogP contribution in [0.1, 0.15) is 11.3 Å². The summed E-state index contributed by atoms with van der Waals surface area (Å²) in [6.45, 7) is 1.87. The number of thioether (sulfide) groups is 1. The molecule has 0 spiro atoms. The number of nitrogen functional groups attached to an aromatic ring is 1. The summed E-state index contributed by atoms with van der Waals surface area (Å²) >= 11 is 1.44. The number of anilines is 1. The van der Waals surface area contributed by atoms with Crippen LogP contribution in [-0.4, -0.2) is 9.97 Å². The lowest BCUT2D eigenvalue weighted by atomic mass is 10.2. The largest absolute Gasteiger partial charge is 0.384 e. The van der Waals surface area contributed by atoms with E-state index in [1.54, 1.807) is 12.1 Å². The molecule has 0 amide bonds. The van der Waals surface area contributed by atoms with E-state index in [1.807, 2.05) is 13.0 Å². The molecule has 3 nitrogen and oxygen atoms in total. The van der Waals surface area contributed by atoms with Crippen molar-refractivity contribution in [2.75, 3.05) is 5.73 Å². The number of aromatic nitrogens is 2. The highest BCUT2D eigenvalue weighted by Gasteiger charge is 2.02. The van der Waals surface area contributed by atoms with Crippen molar-refractivity contribution in [1.82, 2.24) is 9.97 Å². The standard InChI is InChI=1S/C12H12FN3S/c1-8-5-11(14)16-12(15-8)17-7-9-3-2-4-10(13)6-9/h2-6H,7H2,1H3,(H2,14,15,16). The summed E-state index contributed by atoms with van der Waals surface area (Å²) in [6.07, 6.45) is 0. The van der Waals surface area contributed by atoms with Gasteiger partial charge in [-0.3, -0.25) is 0 Å². The first-order chi connectivity index (χ1) is 8.13. The molecule has 17 heavy (non-hydrogen) atoms. The lowest BCUT2D eigenvalue weighted by molar-refractivity contribution is 0.626. The van der Waals surface area contributed by atoms with Crippen molar-refractivity contribution in [2.45, 2.75) is 17.8 Å². The number of halogens is 1. The minimum Gasteiger partial charge on any atom is -0.384 e. The average molecular weight is 249 g/mol. The van der Waals surface area contributed by atoms with Gasteiger partial charge in [0.05, 0.1) is 0 Å². The van der Waals surface area contributed by atoms with E-state index in [9.17, 15) is 4.39 Å². The third-order valence-electron chi connectivity index (χ3n) is 2.11. The molecule has 0 fully saturated rings. The first-order valence-electron chi connectivity index (χ1n) is 5.12. The Bertz CT molecular complexity index is 511. The molecule has 88 valence electrons. The van der Waals surface area contributed by atoms with Crippen molar-refractivity contribution in [3.63, 3.8) is 0 Å². The number of hydrogen-bond acceptors (Lipinski definition) is 4. The summed E-state index contributed by atoms with van der Waals surface area (Å²) in [5, 5.41) is 0.617. The molecule has 2 aromatic rings. The Morgan fingerprint density at radius 3 is 2.82 bits per heavy atom. The van der Waals surface area contributed by atoms with Gasteiger partial charge in [0.15, 0.2) is 5.16 Å². The maximum atomic E-state index is 13.0. The molecular formula is C12H12FN3S. The van der Waals surface area contributed by atoms with Gasteiger partial charge in [-0.05, 0) is 24.6 Å². The molecule has 0 atom stereocenters. The monoisotopic (exact) mass is 249 g/mol. The van der Waals surface area contributed by atoms with Gasteiger partial charge < -0.3 is 5.73 Å². The molecule has 0 aliphatic heterocycles. The van der Waals surface area contributed by atoms with Crippen LogP contribution in [0.5, 0.6) is 0 Å². The Labute approximate surface area is 103 Å². The first kappa shape index (κ1) is 11.9. The van der Waals surface area contributed by atoms with Crippen molar-refractivity contribution in [3.05, 3.63) is 47.4 Å². The molecule has 0 saturated carbocycles. The van der Waals surface area contributed by atoms with Crippen LogP contribution < -0.4 is 5.73 Å². The van der Waals surface area contributed by atoms with Crippen LogP contribution >= 0.6 is 11.8 Å². The lowest BCUT2D eigenvalue weighted by Crippen LogP contribution is -1.96. The molecule has 0 bridgehead atoms. The zero-order valence-electron chi connectivity index (χ0n) is 9.35. The van der Waals surface area contributed by atoms with E-state index in [2.05, 4.69) is 9.97 Å². The SMILES string of the molecule is Cc1cc(N)nc(SCc2cccc(F)c2)n1. The highest BCUT2D eigenvalue weighted by molar-refractivity contribution is 7.98. The van der Waals surface area contributed by atoms with E-state index in [0.29, 0.717) is 16.7 Å². The van der Waals surface area contributed by atoms with Gasteiger partial charge in [-0.15, -0.1) is 0 Å². The number of nitrogens with zero attached hydrogens (tertiary/aromatic N) is 2. The number of nitrogens with two attached hydrogens (primary N) is 1. The van der Waals surface area contributed by atoms with Crippen molar-refractivity contribution >= 4 is 17.6 Å². The van der Waals surface area contributed by atoms with Gasteiger partial charge in [0, 0.05) is 17.5 Å². The molecule has 5 heteroatoms. The zero-order valence-corrected chi connectivity index (χ0v) is 10.2. The molecule has 1 aromatic carbocycles. The Morgan fingerprint density at radius 1 is 1.29 bits per heavy atom. The van der Waals surface area contributed by atoms with Crippen molar-refractivity contribution < 1.29 is 4.39 Å². The van der Waals surface area contributed by atoms with Gasteiger partial charge in [0.2, 0.25) is 0 Å². The summed E-state index contributed by atoms with van der Waals surface area (Å²) in [5.41, 5.74) is 7.36. The van der Waals surface area contributed by atoms with Crippen LogP contribution in [0.3, 0.4) is 0 Å². The third kappa shape index (κ3) is 3.42. The molecule has 2 rings (SSSR count). The summed E-state index contributed by atoms with van der Waals surface area (Å²) in [4.78, 5) is 8.36. The van der Waals surface area contributed by atoms with Gasteiger partial charge >= 0.3 is 0 Å². The number of benzene rings is 1. The van der Waals surface area contributed by atoms with Crippen LogP contribution in [0.4, 0.5) is 10.2 Å². The van der Waals surface area contributed by atoms with Gasteiger partial charge in [-0.1, -0.05) is 23.9 Å². The fourth-order valence-corrected chi connectivity index (χ4v) is 2.26. The van der Waals surface area contributed by atoms with E-state index in [0.717, 1.165) is 11.3 Å². The fourth-order valence-electron chi connectivity index (χ4n) is 1.40. The molecular weight excluding hydrogens is 237 g/mol. The smallest absolute Gasteiger partial charge is 0.190 e. The maximum absolute atomic E-state index is 13.0. The normalized spacial score (nSPS) is 10.5. The fraction of sp³-hybridized carbons (Fsp3) is 0.167. The summed E-state index contributed by atoms with van der Waals surface area (Å²) in [5.74, 6) is 0.854. The second-order valence-electron chi connectivity index (χ2n) is 3.64. The predicted octanol–water partition coefficient (Wildman–Crippen LogP) is 2.80. The minimum absolute atomic E-state index is 0.229. The third-order valence-corrected chi connectivity index (χ3v) is 3.03. The molecule has 1 aromatic heterocycles. The van der Waals surface area contributed by atoms with Gasteiger partial charge in [0.1, 0.15) is 11.6 Å². The summed E-state index contributed by atoms with van der Waals surface area (Å²) < 4.78 is 13.0. The second-order valence-corrected chi connectivity index (χ2v) is 4.58. The van der Waals surface area contributed by atoms with Gasteiger partial charge in [0.25, 0.3) is 0 Å². The van der Waals surface area contributed by atoms with E-state index >= 15 is 0 Å². The Kier molecular flexibility index (Phi) is 3.58. The molecule has 1 heterocycles.